The van der Waals surface area contributed by atoms with Crippen LogP contribution in [0.1, 0.15) is 25.5 Å². The van der Waals surface area contributed by atoms with Gasteiger partial charge in [0.25, 0.3) is 0 Å². The quantitative estimate of drug-likeness (QED) is 0.922. The minimum absolute atomic E-state index is 0.0341. The molecule has 1 unspecified atom stereocenters. The van der Waals surface area contributed by atoms with E-state index >= 15 is 0 Å². The van der Waals surface area contributed by atoms with Gasteiger partial charge in [0.1, 0.15) is 12.4 Å². The molecular weight excluding hydrogens is 310 g/mol. The first kappa shape index (κ1) is 15.8. The number of rotatable bonds is 4. The molecule has 1 aromatic heterocycles. The normalized spacial score (nSPS) is 17.8. The van der Waals surface area contributed by atoms with Crippen LogP contribution in [-0.2, 0) is 6.61 Å². The van der Waals surface area contributed by atoms with Gasteiger partial charge in [0.15, 0.2) is 0 Å². The van der Waals surface area contributed by atoms with Crippen molar-refractivity contribution in [1.82, 2.24) is 9.88 Å². The van der Waals surface area contributed by atoms with E-state index in [1.165, 1.54) is 6.42 Å². The van der Waals surface area contributed by atoms with Gasteiger partial charge in [0, 0.05) is 30.2 Å². The van der Waals surface area contributed by atoms with Gasteiger partial charge in [0.2, 0.25) is 0 Å². The van der Waals surface area contributed by atoms with Crippen LogP contribution >= 0.6 is 11.3 Å². The zero-order valence-electron chi connectivity index (χ0n) is 13.2. The molecule has 0 aliphatic carbocycles. The molecule has 23 heavy (non-hydrogen) atoms. The summed E-state index contributed by atoms with van der Waals surface area (Å²) in [6.07, 6.45) is 2.27. The number of nitrogens with one attached hydrogen (secondary N) is 1. The third-order valence-corrected chi connectivity index (χ3v) is 4.54. The number of piperidine rings is 1. The number of ether oxygens (including phenoxy) is 1. The SMILES string of the molecule is CC1CCCN(C(=O)Nc2cccc(OCc3cscn3)c2)C1. The van der Waals surface area contributed by atoms with Crippen LogP contribution in [0.15, 0.2) is 35.2 Å². The van der Waals surface area contributed by atoms with Crippen LogP contribution in [0.3, 0.4) is 0 Å². The molecule has 2 amide bonds. The van der Waals surface area contributed by atoms with E-state index in [-0.39, 0.29) is 6.03 Å². The lowest BCUT2D eigenvalue weighted by atomic mass is 10.0. The maximum Gasteiger partial charge on any atom is 0.321 e. The number of hydrogen-bond acceptors (Lipinski definition) is 4. The summed E-state index contributed by atoms with van der Waals surface area (Å²) in [5.74, 6) is 1.30. The Balaban J connectivity index is 1.57. The van der Waals surface area contributed by atoms with Crippen molar-refractivity contribution in [1.29, 1.82) is 0 Å². The molecule has 1 aromatic carbocycles. The van der Waals surface area contributed by atoms with E-state index in [0.29, 0.717) is 12.5 Å². The minimum atomic E-state index is -0.0341. The molecule has 0 radical (unpaired) electrons. The highest BCUT2D eigenvalue weighted by Crippen LogP contribution is 2.21. The molecule has 5 nitrogen and oxygen atoms in total. The fraction of sp³-hybridized carbons (Fsp3) is 0.412. The number of benzene rings is 1. The molecule has 6 heteroatoms. The van der Waals surface area contributed by atoms with Crippen LogP contribution in [-0.4, -0.2) is 29.0 Å². The molecule has 2 heterocycles. The zero-order chi connectivity index (χ0) is 16.1. The smallest absolute Gasteiger partial charge is 0.321 e. The van der Waals surface area contributed by atoms with Gasteiger partial charge in [0.05, 0.1) is 11.2 Å². The fourth-order valence-corrected chi connectivity index (χ4v) is 3.25. The average molecular weight is 331 g/mol. The lowest BCUT2D eigenvalue weighted by molar-refractivity contribution is 0.182. The minimum Gasteiger partial charge on any atom is -0.487 e. The number of carbonyl (C=O) groups excluding carboxylic acids is 1. The fourth-order valence-electron chi connectivity index (χ4n) is 2.71. The molecule has 1 aliphatic heterocycles. The van der Waals surface area contributed by atoms with Gasteiger partial charge in [-0.25, -0.2) is 9.78 Å². The first-order valence-electron chi connectivity index (χ1n) is 7.86. The highest BCUT2D eigenvalue weighted by Gasteiger charge is 2.20. The van der Waals surface area contributed by atoms with Crippen LogP contribution in [0.25, 0.3) is 0 Å². The topological polar surface area (TPSA) is 54.5 Å². The molecule has 1 fully saturated rings. The predicted molar refractivity (Wildman–Crippen MR) is 91.9 cm³/mol. The summed E-state index contributed by atoms with van der Waals surface area (Å²) in [5.41, 5.74) is 3.45. The Morgan fingerprint density at radius 1 is 1.52 bits per heavy atom. The Morgan fingerprint density at radius 3 is 3.22 bits per heavy atom. The molecule has 0 saturated carbocycles. The number of anilines is 1. The number of hydrogen-bond donors (Lipinski definition) is 1. The van der Waals surface area contributed by atoms with Crippen molar-refractivity contribution in [2.75, 3.05) is 18.4 Å². The lowest BCUT2D eigenvalue weighted by Crippen LogP contribution is -2.41. The monoisotopic (exact) mass is 331 g/mol. The molecule has 3 rings (SSSR count). The predicted octanol–water partition coefficient (Wildman–Crippen LogP) is 3.99. The van der Waals surface area contributed by atoms with Gasteiger partial charge < -0.3 is 15.0 Å². The van der Waals surface area contributed by atoms with Gasteiger partial charge in [-0.15, -0.1) is 11.3 Å². The lowest BCUT2D eigenvalue weighted by Gasteiger charge is -2.30. The maximum absolute atomic E-state index is 12.3. The van der Waals surface area contributed by atoms with Gasteiger partial charge in [-0.1, -0.05) is 13.0 Å². The second kappa shape index (κ2) is 7.46. The van der Waals surface area contributed by atoms with E-state index in [2.05, 4.69) is 17.2 Å². The molecule has 122 valence electrons. The number of amides is 2. The average Bonchev–Trinajstić information content (AvgIpc) is 3.07. The number of urea groups is 1. The Morgan fingerprint density at radius 2 is 2.43 bits per heavy atom. The van der Waals surface area contributed by atoms with Crippen molar-refractivity contribution in [2.24, 2.45) is 5.92 Å². The van der Waals surface area contributed by atoms with Crippen LogP contribution in [0, 0.1) is 5.92 Å². The Hall–Kier alpha value is -2.08. The van der Waals surface area contributed by atoms with E-state index < -0.39 is 0 Å². The Bertz CT molecular complexity index is 645. The van der Waals surface area contributed by atoms with Crippen molar-refractivity contribution >= 4 is 23.1 Å². The summed E-state index contributed by atoms with van der Waals surface area (Å²) in [5, 5.41) is 4.92. The number of thiazole rings is 1. The molecule has 1 aliphatic rings. The molecule has 1 N–H and O–H groups in total. The number of likely N-dealkylation sites (tertiary alicyclic amines) is 1. The highest BCUT2D eigenvalue weighted by atomic mass is 32.1. The number of carbonyl (C=O) groups is 1. The summed E-state index contributed by atoms with van der Waals surface area (Å²) in [7, 11) is 0. The summed E-state index contributed by atoms with van der Waals surface area (Å²) in [6, 6.07) is 7.45. The molecule has 1 atom stereocenters. The van der Waals surface area contributed by atoms with E-state index in [4.69, 9.17) is 4.74 Å². The summed E-state index contributed by atoms with van der Waals surface area (Å²) in [6.45, 7) is 4.28. The van der Waals surface area contributed by atoms with Crippen molar-refractivity contribution in [3.63, 3.8) is 0 Å². The Labute approximate surface area is 140 Å². The van der Waals surface area contributed by atoms with Gasteiger partial charge in [-0.05, 0) is 30.9 Å². The summed E-state index contributed by atoms with van der Waals surface area (Å²) < 4.78 is 5.71. The highest BCUT2D eigenvalue weighted by molar-refractivity contribution is 7.07. The van der Waals surface area contributed by atoms with Crippen LogP contribution in [0.5, 0.6) is 5.75 Å². The van der Waals surface area contributed by atoms with E-state index in [1.54, 1.807) is 16.8 Å². The van der Waals surface area contributed by atoms with E-state index in [0.717, 1.165) is 36.6 Å². The standard InChI is InChI=1S/C17H21N3O2S/c1-13-4-3-7-20(9-13)17(21)19-14-5-2-6-16(8-14)22-10-15-11-23-12-18-15/h2,5-6,8,11-13H,3-4,7,9-10H2,1H3,(H,19,21). The first-order chi connectivity index (χ1) is 11.2. The maximum atomic E-state index is 12.3. The van der Waals surface area contributed by atoms with Crippen LogP contribution < -0.4 is 10.1 Å². The molecule has 0 bridgehead atoms. The molecular formula is C17H21N3O2S. The van der Waals surface area contributed by atoms with Crippen LogP contribution in [0.2, 0.25) is 0 Å². The van der Waals surface area contributed by atoms with Gasteiger partial charge in [-0.2, -0.15) is 0 Å². The van der Waals surface area contributed by atoms with Crippen LogP contribution in [0.4, 0.5) is 10.5 Å². The number of nitrogens with zero attached hydrogens (tertiary/aromatic N) is 2. The Kier molecular flexibility index (Phi) is 5.12. The van der Waals surface area contributed by atoms with Gasteiger partial charge in [-0.3, -0.25) is 0 Å². The van der Waals surface area contributed by atoms with Crippen molar-refractivity contribution in [2.45, 2.75) is 26.4 Å². The summed E-state index contributed by atoms with van der Waals surface area (Å²) in [4.78, 5) is 18.4. The van der Waals surface area contributed by atoms with Crippen molar-refractivity contribution < 1.29 is 9.53 Å². The van der Waals surface area contributed by atoms with Gasteiger partial charge >= 0.3 is 6.03 Å². The third kappa shape index (κ3) is 4.45. The largest absolute Gasteiger partial charge is 0.487 e. The third-order valence-electron chi connectivity index (χ3n) is 3.90. The summed E-state index contributed by atoms with van der Waals surface area (Å²) >= 11 is 1.55. The second-order valence-corrected chi connectivity index (χ2v) is 6.64. The molecule has 0 spiro atoms. The zero-order valence-corrected chi connectivity index (χ0v) is 14.0. The first-order valence-corrected chi connectivity index (χ1v) is 8.81. The van der Waals surface area contributed by atoms with E-state index in [1.807, 2.05) is 34.5 Å². The van der Waals surface area contributed by atoms with E-state index in [9.17, 15) is 4.79 Å². The molecule has 1 saturated heterocycles. The van der Waals surface area contributed by atoms with Crippen molar-refractivity contribution in [3.05, 3.63) is 40.8 Å². The second-order valence-electron chi connectivity index (χ2n) is 5.92. The van der Waals surface area contributed by atoms with Crippen molar-refractivity contribution in [3.8, 4) is 5.75 Å². The number of aromatic nitrogens is 1. The molecule has 2 aromatic rings.